The van der Waals surface area contributed by atoms with Gasteiger partial charge in [-0.1, -0.05) is 0 Å². The van der Waals surface area contributed by atoms with Crippen molar-refractivity contribution in [2.24, 2.45) is 0 Å². The molecule has 17 heavy (non-hydrogen) atoms. The number of piperidine rings is 1. The number of hydrogen-bond acceptors (Lipinski definition) is 3. The third-order valence-corrected chi connectivity index (χ3v) is 4.75. The van der Waals surface area contributed by atoms with Crippen LogP contribution in [-0.4, -0.2) is 23.3 Å². The van der Waals surface area contributed by atoms with Gasteiger partial charge >= 0.3 is 0 Å². The number of Topliss-reactive ketones (excluding diaryl/α,β-unsaturated/α-hetero) is 1. The maximum absolute atomic E-state index is 11.4. The zero-order valence-corrected chi connectivity index (χ0v) is 11.9. The van der Waals surface area contributed by atoms with Crippen molar-refractivity contribution in [1.82, 2.24) is 4.90 Å². The Kier molecular flexibility index (Phi) is 3.69. The van der Waals surface area contributed by atoms with Crippen LogP contribution in [0.15, 0.2) is 6.07 Å². The minimum absolute atomic E-state index is 0.380. The maximum Gasteiger partial charge on any atom is 0.135 e. The van der Waals surface area contributed by atoms with E-state index in [0.29, 0.717) is 24.3 Å². The van der Waals surface area contributed by atoms with Crippen LogP contribution in [0, 0.1) is 13.8 Å². The highest BCUT2D eigenvalue weighted by Crippen LogP contribution is 2.32. The summed E-state index contributed by atoms with van der Waals surface area (Å²) in [5.41, 5.74) is 1.44. The number of nitrogens with zero attached hydrogens (tertiary/aromatic N) is 1. The van der Waals surface area contributed by atoms with Gasteiger partial charge in [0.1, 0.15) is 5.78 Å². The fourth-order valence-corrected chi connectivity index (χ4v) is 3.86. The van der Waals surface area contributed by atoms with Gasteiger partial charge in [-0.25, -0.2) is 0 Å². The number of carbonyl (C=O) groups is 1. The smallest absolute Gasteiger partial charge is 0.135 e. The summed E-state index contributed by atoms with van der Waals surface area (Å²) in [7, 11) is 0. The van der Waals surface area contributed by atoms with Crippen LogP contribution < -0.4 is 0 Å². The molecule has 0 radical (unpaired) electrons. The summed E-state index contributed by atoms with van der Waals surface area (Å²) in [6.07, 6.45) is 1.43. The molecule has 1 aromatic rings. The van der Waals surface area contributed by atoms with Crippen molar-refractivity contribution in [3.05, 3.63) is 21.4 Å². The zero-order valence-electron chi connectivity index (χ0n) is 11.1. The quantitative estimate of drug-likeness (QED) is 0.802. The summed E-state index contributed by atoms with van der Waals surface area (Å²) in [6.45, 7) is 9.71. The molecule has 3 heteroatoms. The molecular formula is C14H21NOS. The van der Waals surface area contributed by atoms with E-state index in [1.54, 1.807) is 0 Å². The molecule has 0 bridgehead atoms. The molecule has 2 heterocycles. The normalized spacial score (nSPS) is 24.0. The third-order valence-electron chi connectivity index (χ3n) is 3.77. The van der Waals surface area contributed by atoms with E-state index in [0.717, 1.165) is 13.0 Å². The SMILES string of the molecule is Cc1cc(C(C)N2CCC(=O)CC2C)c(C)s1. The van der Waals surface area contributed by atoms with Gasteiger partial charge in [0.2, 0.25) is 0 Å². The Bertz CT molecular complexity index is 424. The molecule has 2 rings (SSSR count). The first-order valence-corrected chi connectivity index (χ1v) is 7.15. The third kappa shape index (κ3) is 2.61. The van der Waals surface area contributed by atoms with Gasteiger partial charge in [0.25, 0.3) is 0 Å². The number of likely N-dealkylation sites (tertiary alicyclic amines) is 1. The Labute approximate surface area is 108 Å². The molecule has 2 atom stereocenters. The van der Waals surface area contributed by atoms with Crippen molar-refractivity contribution in [3.8, 4) is 0 Å². The largest absolute Gasteiger partial charge is 0.300 e. The Hall–Kier alpha value is -0.670. The summed E-state index contributed by atoms with van der Waals surface area (Å²) >= 11 is 1.87. The van der Waals surface area contributed by atoms with Crippen molar-refractivity contribution in [2.45, 2.75) is 52.6 Å². The van der Waals surface area contributed by atoms with Crippen LogP contribution in [0.4, 0.5) is 0 Å². The number of ketones is 1. The van der Waals surface area contributed by atoms with E-state index in [2.05, 4.69) is 38.7 Å². The molecule has 0 aromatic carbocycles. The van der Waals surface area contributed by atoms with Crippen LogP contribution >= 0.6 is 11.3 Å². The standard InChI is InChI=1S/C14H21NOS/c1-9-7-13(16)5-6-15(9)11(3)14-8-10(2)17-12(14)4/h8-9,11H,5-7H2,1-4H3. The summed E-state index contributed by atoms with van der Waals surface area (Å²) in [4.78, 5) is 16.7. The van der Waals surface area contributed by atoms with Gasteiger partial charge in [0.05, 0.1) is 0 Å². The molecule has 2 nitrogen and oxygen atoms in total. The molecule has 0 amide bonds. The highest BCUT2D eigenvalue weighted by atomic mass is 32.1. The highest BCUT2D eigenvalue weighted by molar-refractivity contribution is 7.12. The number of thiophene rings is 1. The first kappa shape index (κ1) is 12.8. The van der Waals surface area contributed by atoms with Crippen LogP contribution in [0.25, 0.3) is 0 Å². The van der Waals surface area contributed by atoms with Crippen LogP contribution in [-0.2, 0) is 4.79 Å². The highest BCUT2D eigenvalue weighted by Gasteiger charge is 2.28. The van der Waals surface area contributed by atoms with Crippen molar-refractivity contribution in [3.63, 3.8) is 0 Å². The maximum atomic E-state index is 11.4. The lowest BCUT2D eigenvalue weighted by atomic mass is 9.97. The van der Waals surface area contributed by atoms with Crippen molar-refractivity contribution in [1.29, 1.82) is 0 Å². The van der Waals surface area contributed by atoms with E-state index in [-0.39, 0.29) is 0 Å². The first-order chi connectivity index (χ1) is 7.99. The molecule has 1 aliphatic rings. The molecule has 1 fully saturated rings. The molecule has 1 aliphatic heterocycles. The summed E-state index contributed by atoms with van der Waals surface area (Å²) in [6, 6.07) is 3.11. The number of carbonyl (C=O) groups excluding carboxylic acids is 1. The molecule has 94 valence electrons. The van der Waals surface area contributed by atoms with Gasteiger partial charge < -0.3 is 0 Å². The van der Waals surface area contributed by atoms with Gasteiger partial charge in [-0.3, -0.25) is 9.69 Å². The second-order valence-corrected chi connectivity index (χ2v) is 6.58. The average Bonchev–Trinajstić information content (AvgIpc) is 2.57. The molecule has 2 unspecified atom stereocenters. The van der Waals surface area contributed by atoms with E-state index in [4.69, 9.17) is 0 Å². The minimum atomic E-state index is 0.380. The minimum Gasteiger partial charge on any atom is -0.300 e. The zero-order chi connectivity index (χ0) is 12.6. The molecule has 0 saturated carbocycles. The molecule has 1 aromatic heterocycles. The monoisotopic (exact) mass is 251 g/mol. The van der Waals surface area contributed by atoms with Gasteiger partial charge in [0.15, 0.2) is 0 Å². The molecule has 1 saturated heterocycles. The fraction of sp³-hybridized carbons (Fsp3) is 0.643. The second kappa shape index (κ2) is 4.91. The number of hydrogen-bond donors (Lipinski definition) is 0. The molecule has 0 N–H and O–H groups in total. The Balaban J connectivity index is 2.17. The summed E-state index contributed by atoms with van der Waals surface area (Å²) in [5, 5.41) is 0. The Morgan fingerprint density at radius 1 is 1.47 bits per heavy atom. The van der Waals surface area contributed by atoms with E-state index in [9.17, 15) is 4.79 Å². The first-order valence-electron chi connectivity index (χ1n) is 6.33. The number of aryl methyl sites for hydroxylation is 2. The number of rotatable bonds is 2. The molecular weight excluding hydrogens is 230 g/mol. The average molecular weight is 251 g/mol. The lowest BCUT2D eigenvalue weighted by Gasteiger charge is -2.37. The van der Waals surface area contributed by atoms with Crippen LogP contribution in [0.5, 0.6) is 0 Å². The van der Waals surface area contributed by atoms with Gasteiger partial charge in [-0.05, 0) is 39.3 Å². The van der Waals surface area contributed by atoms with Crippen LogP contribution in [0.3, 0.4) is 0 Å². The van der Waals surface area contributed by atoms with E-state index < -0.39 is 0 Å². The van der Waals surface area contributed by atoms with Gasteiger partial charge in [-0.15, -0.1) is 11.3 Å². The van der Waals surface area contributed by atoms with Crippen molar-refractivity contribution < 1.29 is 4.79 Å². The van der Waals surface area contributed by atoms with Gasteiger partial charge in [0, 0.05) is 41.2 Å². The van der Waals surface area contributed by atoms with Crippen molar-refractivity contribution >= 4 is 17.1 Å². The van der Waals surface area contributed by atoms with Crippen LogP contribution in [0.2, 0.25) is 0 Å². The predicted octanol–water partition coefficient (Wildman–Crippen LogP) is 3.48. The van der Waals surface area contributed by atoms with Gasteiger partial charge in [-0.2, -0.15) is 0 Å². The fourth-order valence-electron chi connectivity index (χ4n) is 2.84. The van der Waals surface area contributed by atoms with Crippen LogP contribution in [0.1, 0.15) is 48.0 Å². The Morgan fingerprint density at radius 2 is 2.18 bits per heavy atom. The van der Waals surface area contributed by atoms with E-state index in [1.165, 1.54) is 15.3 Å². The Morgan fingerprint density at radius 3 is 2.71 bits per heavy atom. The molecule has 0 spiro atoms. The lowest BCUT2D eigenvalue weighted by Crippen LogP contribution is -2.42. The van der Waals surface area contributed by atoms with E-state index >= 15 is 0 Å². The van der Waals surface area contributed by atoms with E-state index in [1.807, 2.05) is 11.3 Å². The molecule has 0 aliphatic carbocycles. The summed E-state index contributed by atoms with van der Waals surface area (Å²) in [5.74, 6) is 0.416. The topological polar surface area (TPSA) is 20.3 Å². The summed E-state index contributed by atoms with van der Waals surface area (Å²) < 4.78 is 0. The lowest BCUT2D eigenvalue weighted by molar-refractivity contribution is -0.123. The second-order valence-electron chi connectivity index (χ2n) is 5.12. The predicted molar refractivity (Wildman–Crippen MR) is 72.6 cm³/mol. The van der Waals surface area contributed by atoms with Crippen molar-refractivity contribution in [2.75, 3.05) is 6.54 Å².